The van der Waals surface area contributed by atoms with E-state index in [-0.39, 0.29) is 16.2 Å². The van der Waals surface area contributed by atoms with E-state index in [2.05, 4.69) is 4.98 Å². The van der Waals surface area contributed by atoms with E-state index >= 15 is 0 Å². The van der Waals surface area contributed by atoms with Crippen LogP contribution in [-0.2, 0) is 16.3 Å². The van der Waals surface area contributed by atoms with E-state index in [0.717, 1.165) is 0 Å². The number of aryl methyl sites for hydroxylation is 1. The molecule has 0 amide bonds. The Labute approximate surface area is 116 Å². The molecule has 1 heterocycles. The summed E-state index contributed by atoms with van der Waals surface area (Å²) in [5.41, 5.74) is 0.770. The molecule has 104 valence electrons. The Morgan fingerprint density at radius 1 is 1.10 bits per heavy atom. The highest BCUT2D eigenvalue weighted by atomic mass is 32.2. The van der Waals surface area contributed by atoms with Crippen molar-refractivity contribution in [3.8, 4) is 0 Å². The Balaban J connectivity index is 2.12. The molecule has 6 heteroatoms. The summed E-state index contributed by atoms with van der Waals surface area (Å²) in [7, 11) is -3.43. The predicted octanol–water partition coefficient (Wildman–Crippen LogP) is 1.80. The van der Waals surface area contributed by atoms with Crippen molar-refractivity contribution < 1.29 is 18.3 Å². The molecule has 0 saturated carbocycles. The number of aromatic nitrogens is 1. The van der Waals surface area contributed by atoms with Gasteiger partial charge in [0.15, 0.2) is 9.84 Å². The highest BCUT2D eigenvalue weighted by Gasteiger charge is 2.15. The van der Waals surface area contributed by atoms with Crippen molar-refractivity contribution in [3.05, 3.63) is 59.9 Å². The molecule has 20 heavy (non-hydrogen) atoms. The minimum absolute atomic E-state index is 0.0591. The fourth-order valence-electron chi connectivity index (χ4n) is 1.71. The van der Waals surface area contributed by atoms with Crippen molar-refractivity contribution in [2.45, 2.75) is 11.3 Å². The van der Waals surface area contributed by atoms with Crippen LogP contribution in [0.1, 0.15) is 16.1 Å². The number of hydrogen-bond donors (Lipinski definition) is 1. The second kappa shape index (κ2) is 5.83. The minimum Gasteiger partial charge on any atom is -0.478 e. The SMILES string of the molecule is O=C(O)c1ccc(S(=O)(=O)CCc2ccccn2)cc1. The summed E-state index contributed by atoms with van der Waals surface area (Å²) >= 11 is 0. The lowest BCUT2D eigenvalue weighted by Crippen LogP contribution is -2.10. The Hall–Kier alpha value is -2.21. The largest absolute Gasteiger partial charge is 0.478 e. The maximum absolute atomic E-state index is 12.1. The quantitative estimate of drug-likeness (QED) is 0.908. The van der Waals surface area contributed by atoms with Gasteiger partial charge in [0, 0.05) is 18.3 Å². The first-order chi connectivity index (χ1) is 9.49. The van der Waals surface area contributed by atoms with Crippen LogP contribution < -0.4 is 0 Å². The van der Waals surface area contributed by atoms with Crippen molar-refractivity contribution in [1.29, 1.82) is 0 Å². The molecule has 0 fully saturated rings. The van der Waals surface area contributed by atoms with Crippen LogP contribution in [0.4, 0.5) is 0 Å². The highest BCUT2D eigenvalue weighted by Crippen LogP contribution is 2.14. The van der Waals surface area contributed by atoms with E-state index in [9.17, 15) is 13.2 Å². The van der Waals surface area contributed by atoms with E-state index < -0.39 is 15.8 Å². The Morgan fingerprint density at radius 2 is 1.80 bits per heavy atom. The van der Waals surface area contributed by atoms with Crippen molar-refractivity contribution in [2.24, 2.45) is 0 Å². The topological polar surface area (TPSA) is 84.3 Å². The summed E-state index contributed by atoms with van der Waals surface area (Å²) in [6, 6.07) is 10.5. The number of sulfone groups is 1. The molecule has 1 aromatic carbocycles. The molecule has 0 saturated heterocycles. The maximum Gasteiger partial charge on any atom is 0.335 e. The van der Waals surface area contributed by atoms with E-state index in [1.807, 2.05) is 0 Å². The zero-order valence-electron chi connectivity index (χ0n) is 10.6. The number of rotatable bonds is 5. The zero-order chi connectivity index (χ0) is 14.6. The van der Waals surface area contributed by atoms with Crippen molar-refractivity contribution in [1.82, 2.24) is 4.98 Å². The van der Waals surface area contributed by atoms with Crippen LogP contribution in [-0.4, -0.2) is 30.2 Å². The fourth-order valence-corrected chi connectivity index (χ4v) is 2.97. The highest BCUT2D eigenvalue weighted by molar-refractivity contribution is 7.91. The van der Waals surface area contributed by atoms with Gasteiger partial charge >= 0.3 is 5.97 Å². The average Bonchev–Trinajstić information content (AvgIpc) is 2.46. The summed E-state index contributed by atoms with van der Waals surface area (Å²) in [6.07, 6.45) is 1.94. The first kappa shape index (κ1) is 14.2. The van der Waals surface area contributed by atoms with E-state index in [1.54, 1.807) is 24.4 Å². The molecular weight excluding hydrogens is 278 g/mol. The van der Waals surface area contributed by atoms with Crippen LogP contribution in [0.5, 0.6) is 0 Å². The zero-order valence-corrected chi connectivity index (χ0v) is 11.4. The summed E-state index contributed by atoms with van der Waals surface area (Å²) in [6.45, 7) is 0. The molecule has 2 aromatic rings. The lowest BCUT2D eigenvalue weighted by Gasteiger charge is -2.04. The second-order valence-corrected chi connectivity index (χ2v) is 6.33. The van der Waals surface area contributed by atoms with Crippen LogP contribution in [0.15, 0.2) is 53.6 Å². The van der Waals surface area contributed by atoms with E-state index in [4.69, 9.17) is 5.11 Å². The summed E-state index contributed by atoms with van der Waals surface area (Å²) in [5.74, 6) is -1.14. The molecule has 0 unspecified atom stereocenters. The molecule has 1 aromatic heterocycles. The van der Waals surface area contributed by atoms with Gasteiger partial charge in [0.2, 0.25) is 0 Å². The molecule has 0 aliphatic heterocycles. The molecule has 0 spiro atoms. The molecule has 0 bridgehead atoms. The molecule has 5 nitrogen and oxygen atoms in total. The molecule has 0 aliphatic rings. The van der Waals surface area contributed by atoms with Gasteiger partial charge in [-0.1, -0.05) is 6.07 Å². The first-order valence-corrected chi connectivity index (χ1v) is 7.60. The fraction of sp³-hybridized carbons (Fsp3) is 0.143. The van der Waals surface area contributed by atoms with Gasteiger partial charge < -0.3 is 5.11 Å². The normalized spacial score (nSPS) is 11.2. The van der Waals surface area contributed by atoms with Crippen LogP contribution in [0.3, 0.4) is 0 Å². The van der Waals surface area contributed by atoms with E-state index in [0.29, 0.717) is 12.1 Å². The van der Waals surface area contributed by atoms with Gasteiger partial charge in [-0.15, -0.1) is 0 Å². The van der Waals surface area contributed by atoms with Crippen molar-refractivity contribution >= 4 is 15.8 Å². The molecule has 1 N–H and O–H groups in total. The van der Waals surface area contributed by atoms with Gasteiger partial charge in [-0.25, -0.2) is 13.2 Å². The van der Waals surface area contributed by atoms with Crippen LogP contribution in [0, 0.1) is 0 Å². The third-order valence-electron chi connectivity index (χ3n) is 2.81. The van der Waals surface area contributed by atoms with Crippen LogP contribution in [0.25, 0.3) is 0 Å². The van der Waals surface area contributed by atoms with Crippen LogP contribution >= 0.6 is 0 Å². The van der Waals surface area contributed by atoms with Crippen LogP contribution in [0.2, 0.25) is 0 Å². The average molecular weight is 291 g/mol. The van der Waals surface area contributed by atoms with Gasteiger partial charge in [-0.3, -0.25) is 4.98 Å². The minimum atomic E-state index is -3.43. The lowest BCUT2D eigenvalue weighted by atomic mass is 10.2. The summed E-state index contributed by atoms with van der Waals surface area (Å²) in [4.78, 5) is 14.9. The maximum atomic E-state index is 12.1. The van der Waals surface area contributed by atoms with Crippen molar-refractivity contribution in [2.75, 3.05) is 5.75 Å². The number of pyridine rings is 1. The molecule has 0 aliphatic carbocycles. The number of benzene rings is 1. The van der Waals surface area contributed by atoms with Gasteiger partial charge in [0.05, 0.1) is 16.2 Å². The number of carboxylic acid groups (broad SMARTS) is 1. The van der Waals surface area contributed by atoms with Gasteiger partial charge in [-0.05, 0) is 36.4 Å². The third kappa shape index (κ3) is 3.42. The molecule has 0 atom stereocenters. The third-order valence-corrected chi connectivity index (χ3v) is 4.55. The molecule has 2 rings (SSSR count). The van der Waals surface area contributed by atoms with Gasteiger partial charge in [0.1, 0.15) is 0 Å². The molecular formula is C14H13NO4S. The van der Waals surface area contributed by atoms with E-state index in [1.165, 1.54) is 24.3 Å². The summed E-state index contributed by atoms with van der Waals surface area (Å²) in [5, 5.41) is 8.77. The standard InChI is InChI=1S/C14H13NO4S/c16-14(17)11-4-6-13(7-5-11)20(18,19)10-8-12-3-1-2-9-15-12/h1-7,9H,8,10H2,(H,16,17). The lowest BCUT2D eigenvalue weighted by molar-refractivity contribution is 0.0697. The Morgan fingerprint density at radius 3 is 2.35 bits per heavy atom. The Bertz CT molecular complexity index is 694. The smallest absolute Gasteiger partial charge is 0.335 e. The number of carbonyl (C=O) groups is 1. The van der Waals surface area contributed by atoms with Gasteiger partial charge in [-0.2, -0.15) is 0 Å². The second-order valence-electron chi connectivity index (χ2n) is 4.22. The number of nitrogens with zero attached hydrogens (tertiary/aromatic N) is 1. The van der Waals surface area contributed by atoms with Gasteiger partial charge in [0.25, 0.3) is 0 Å². The first-order valence-electron chi connectivity index (χ1n) is 5.95. The number of carboxylic acids is 1. The number of hydrogen-bond acceptors (Lipinski definition) is 4. The number of aromatic carboxylic acids is 1. The Kier molecular flexibility index (Phi) is 4.14. The molecule has 0 radical (unpaired) electrons. The summed E-state index contributed by atoms with van der Waals surface area (Å²) < 4.78 is 24.2. The monoisotopic (exact) mass is 291 g/mol. The van der Waals surface area contributed by atoms with Crippen molar-refractivity contribution in [3.63, 3.8) is 0 Å². The predicted molar refractivity (Wildman–Crippen MR) is 73.4 cm³/mol.